The first kappa shape index (κ1) is 25.6. The lowest BCUT2D eigenvalue weighted by molar-refractivity contribution is -0.172. The van der Waals surface area contributed by atoms with E-state index in [1.807, 2.05) is 0 Å². The van der Waals surface area contributed by atoms with Crippen molar-refractivity contribution in [3.8, 4) is 0 Å². The fourth-order valence-corrected chi connectivity index (χ4v) is 5.08. The van der Waals surface area contributed by atoms with Crippen LogP contribution in [0.3, 0.4) is 0 Å². The molecule has 1 heterocycles. The van der Waals surface area contributed by atoms with Crippen molar-refractivity contribution in [2.75, 3.05) is 6.61 Å². The molecule has 2 unspecified atom stereocenters. The van der Waals surface area contributed by atoms with Crippen LogP contribution in [0.1, 0.15) is 39.2 Å². The molecule has 184 valence electrons. The number of allylic oxidation sites excluding steroid dienone is 1. The molecule has 1 aromatic rings. The molecule has 1 saturated carbocycles. The number of ether oxygens (including phenoxy) is 1. The summed E-state index contributed by atoms with van der Waals surface area (Å²) in [4.78, 5) is 44.1. The van der Waals surface area contributed by atoms with Crippen LogP contribution in [-0.4, -0.2) is 60.9 Å². The largest absolute Gasteiger partial charge is 0.501 e. The van der Waals surface area contributed by atoms with E-state index in [2.05, 4.69) is 4.99 Å². The van der Waals surface area contributed by atoms with Crippen LogP contribution in [0.4, 0.5) is 13.2 Å². The average molecular weight is 500 g/mol. The van der Waals surface area contributed by atoms with Crippen LogP contribution >= 0.6 is 0 Å². The second kappa shape index (κ2) is 8.64. The number of carbonyl (C=O) groups is 3. The fourth-order valence-electron chi connectivity index (χ4n) is 4.32. The van der Waals surface area contributed by atoms with Crippen molar-refractivity contribution in [3.63, 3.8) is 0 Å². The van der Waals surface area contributed by atoms with Gasteiger partial charge in [-0.25, -0.2) is 13.2 Å². The molecule has 0 N–H and O–H groups in total. The summed E-state index contributed by atoms with van der Waals surface area (Å²) in [6.45, 7) is 3.77. The molecule has 0 radical (unpaired) electrons. The highest BCUT2D eigenvalue weighted by Gasteiger charge is 2.67. The lowest BCUT2D eigenvalue weighted by Crippen LogP contribution is -2.69. The molecule has 1 fully saturated rings. The normalized spacial score (nSPS) is 21.7. The van der Waals surface area contributed by atoms with Gasteiger partial charge in [0, 0.05) is 19.2 Å². The van der Waals surface area contributed by atoms with Crippen LogP contribution in [0.25, 0.3) is 0 Å². The van der Waals surface area contributed by atoms with Gasteiger partial charge in [-0.2, -0.15) is 13.2 Å². The molecule has 3 rings (SSSR count). The second-order valence-electron chi connectivity index (χ2n) is 7.98. The van der Waals surface area contributed by atoms with Gasteiger partial charge in [0.15, 0.2) is 11.3 Å². The summed E-state index contributed by atoms with van der Waals surface area (Å²) in [5, 5.41) is 0. The number of ketones is 1. The molecule has 1 amide bonds. The highest BCUT2D eigenvalue weighted by atomic mass is 32.2. The number of halogens is 3. The summed E-state index contributed by atoms with van der Waals surface area (Å²) in [7, 11) is -5.67. The molecule has 2 atom stereocenters. The number of Topliss-reactive ketones (excluding diaryl/α,β-unsaturated/α-hetero) is 1. The zero-order valence-electron chi connectivity index (χ0n) is 18.6. The Morgan fingerprint density at radius 2 is 1.74 bits per heavy atom. The smallest absolute Gasteiger partial charge is 0.464 e. The Balaban J connectivity index is 2.39. The van der Waals surface area contributed by atoms with Gasteiger partial charge >= 0.3 is 11.5 Å². The SMILES string of the molecule is CCOC(=O)C(c1ccc(S(=O)(=O)C(F)(F)F)cc1)(N(C(C)=O)C1CC1)C1(C(C)=O)C=CC=N1. The minimum atomic E-state index is -5.67. The van der Waals surface area contributed by atoms with Crippen LogP contribution in [0, 0.1) is 0 Å². The minimum absolute atomic E-state index is 0.104. The molecule has 0 saturated heterocycles. The number of nitrogens with zero attached hydrogens (tertiary/aromatic N) is 2. The fraction of sp³-hybridized carbons (Fsp3) is 0.455. The van der Waals surface area contributed by atoms with E-state index >= 15 is 0 Å². The number of alkyl halides is 3. The number of esters is 1. The highest BCUT2D eigenvalue weighted by molar-refractivity contribution is 7.92. The minimum Gasteiger partial charge on any atom is -0.464 e. The van der Waals surface area contributed by atoms with E-state index in [9.17, 15) is 36.0 Å². The van der Waals surface area contributed by atoms with E-state index in [0.717, 1.165) is 12.1 Å². The van der Waals surface area contributed by atoms with Crippen molar-refractivity contribution in [1.82, 2.24) is 4.90 Å². The zero-order chi connectivity index (χ0) is 25.5. The van der Waals surface area contributed by atoms with Crippen molar-refractivity contribution in [1.29, 1.82) is 0 Å². The number of hydrogen-bond acceptors (Lipinski definition) is 7. The number of carbonyl (C=O) groups excluding carboxylic acids is 3. The first-order valence-corrected chi connectivity index (χ1v) is 11.9. The van der Waals surface area contributed by atoms with E-state index in [1.54, 1.807) is 0 Å². The molecule has 1 aromatic carbocycles. The molecule has 8 nitrogen and oxygen atoms in total. The molecule has 0 bridgehead atoms. The van der Waals surface area contributed by atoms with Gasteiger partial charge in [-0.1, -0.05) is 12.1 Å². The van der Waals surface area contributed by atoms with Gasteiger partial charge in [-0.15, -0.1) is 0 Å². The predicted molar refractivity (Wildman–Crippen MR) is 115 cm³/mol. The Kier molecular flexibility index (Phi) is 6.51. The van der Waals surface area contributed by atoms with E-state index in [0.29, 0.717) is 25.0 Å². The van der Waals surface area contributed by atoms with Crippen molar-refractivity contribution < 1.29 is 40.7 Å². The van der Waals surface area contributed by atoms with Gasteiger partial charge in [0.1, 0.15) is 0 Å². The maximum atomic E-state index is 13.7. The summed E-state index contributed by atoms with van der Waals surface area (Å²) in [5.74, 6) is -2.22. The number of aliphatic imine (C=N–C) groups is 1. The topological polar surface area (TPSA) is 110 Å². The van der Waals surface area contributed by atoms with Gasteiger partial charge in [0.2, 0.25) is 11.4 Å². The summed E-state index contributed by atoms with van der Waals surface area (Å²) in [6.07, 6.45) is 5.07. The maximum Gasteiger partial charge on any atom is 0.501 e. The third kappa shape index (κ3) is 3.73. The Morgan fingerprint density at radius 1 is 1.15 bits per heavy atom. The Labute approximate surface area is 194 Å². The van der Waals surface area contributed by atoms with Gasteiger partial charge in [-0.05, 0) is 56.5 Å². The van der Waals surface area contributed by atoms with Crippen molar-refractivity contribution >= 4 is 33.7 Å². The molecule has 0 aromatic heterocycles. The Morgan fingerprint density at radius 3 is 2.12 bits per heavy atom. The standard InChI is InChI=1S/C22H23F3N2O6S/c1-4-33-19(30)21(27(15(3)29)17-8-9-17,20(14(2)28)12-5-13-26-20)16-6-10-18(11-7-16)34(31,32)22(23,24)25/h5-7,10-13,17H,4,8-9H2,1-3H3. The first-order chi connectivity index (χ1) is 15.8. The van der Waals surface area contributed by atoms with E-state index in [1.165, 1.54) is 44.0 Å². The Bertz CT molecular complexity index is 1160. The third-order valence-electron chi connectivity index (χ3n) is 5.86. The highest BCUT2D eigenvalue weighted by Crippen LogP contribution is 2.50. The van der Waals surface area contributed by atoms with Crippen LogP contribution in [0.5, 0.6) is 0 Å². The molecule has 0 spiro atoms. The molecule has 12 heteroatoms. The molecule has 1 aliphatic heterocycles. The maximum absolute atomic E-state index is 13.7. The molecular weight excluding hydrogens is 477 g/mol. The monoisotopic (exact) mass is 500 g/mol. The van der Waals surface area contributed by atoms with Crippen molar-refractivity contribution in [3.05, 3.63) is 42.0 Å². The van der Waals surface area contributed by atoms with Gasteiger partial charge in [-0.3, -0.25) is 14.6 Å². The van der Waals surface area contributed by atoms with E-state index in [4.69, 9.17) is 4.74 Å². The average Bonchev–Trinajstić information content (AvgIpc) is 3.44. The van der Waals surface area contributed by atoms with Crippen LogP contribution in [0.2, 0.25) is 0 Å². The Hall–Kier alpha value is -3.02. The van der Waals surface area contributed by atoms with E-state index in [-0.39, 0.29) is 12.2 Å². The van der Waals surface area contributed by atoms with Gasteiger partial charge in [0.05, 0.1) is 11.5 Å². The molecule has 1 aliphatic carbocycles. The first-order valence-electron chi connectivity index (χ1n) is 10.4. The molecular formula is C22H23F3N2O6S. The quantitative estimate of drug-likeness (QED) is 0.508. The number of sulfone groups is 1. The van der Waals surface area contributed by atoms with E-state index < -0.39 is 55.0 Å². The third-order valence-corrected chi connectivity index (χ3v) is 7.36. The number of benzene rings is 1. The van der Waals surface area contributed by atoms with Crippen LogP contribution in [0.15, 0.2) is 46.3 Å². The summed E-state index contributed by atoms with van der Waals surface area (Å²) >= 11 is 0. The van der Waals surface area contributed by atoms with Crippen molar-refractivity contribution in [2.45, 2.75) is 61.1 Å². The zero-order valence-corrected chi connectivity index (χ0v) is 19.4. The molecule has 2 aliphatic rings. The van der Waals surface area contributed by atoms with Gasteiger partial charge < -0.3 is 9.64 Å². The lowest BCUT2D eigenvalue weighted by atomic mass is 9.68. The van der Waals surface area contributed by atoms with Crippen LogP contribution < -0.4 is 0 Å². The lowest BCUT2D eigenvalue weighted by Gasteiger charge is -2.49. The number of hydrogen-bond donors (Lipinski definition) is 0. The molecule has 34 heavy (non-hydrogen) atoms. The summed E-state index contributed by atoms with van der Waals surface area (Å²) in [5.41, 5.74) is -9.83. The number of amides is 1. The number of rotatable bonds is 8. The predicted octanol–water partition coefficient (Wildman–Crippen LogP) is 2.72. The van der Waals surface area contributed by atoms with Crippen LogP contribution in [-0.2, 0) is 34.5 Å². The van der Waals surface area contributed by atoms with Crippen molar-refractivity contribution in [2.24, 2.45) is 4.99 Å². The summed E-state index contributed by atoms with van der Waals surface area (Å²) in [6, 6.07) is 2.89. The second-order valence-corrected chi connectivity index (χ2v) is 9.93. The summed E-state index contributed by atoms with van der Waals surface area (Å²) < 4.78 is 68.2. The van der Waals surface area contributed by atoms with Gasteiger partial charge in [0.25, 0.3) is 9.84 Å².